The van der Waals surface area contributed by atoms with Crippen molar-refractivity contribution in [1.29, 1.82) is 0 Å². The summed E-state index contributed by atoms with van der Waals surface area (Å²) < 4.78 is 19.3. The Hall–Kier alpha value is -3.26. The lowest BCUT2D eigenvalue weighted by Crippen LogP contribution is -2.35. The SMILES string of the molecule is COc1cc(F)cc2c(N=C(N)C3CC(c4ccccc4C(C)(C)O)C3)nc(N)nc12. The zero-order valence-electron chi connectivity index (χ0n) is 17.8. The van der Waals surface area contributed by atoms with Gasteiger partial charge in [0.05, 0.1) is 18.1 Å². The van der Waals surface area contributed by atoms with Crippen LogP contribution in [0, 0.1) is 11.7 Å². The Kier molecular flexibility index (Phi) is 5.26. The molecule has 0 saturated heterocycles. The summed E-state index contributed by atoms with van der Waals surface area (Å²) >= 11 is 0. The Morgan fingerprint density at radius 2 is 1.94 bits per heavy atom. The van der Waals surface area contributed by atoms with Crippen LogP contribution in [-0.2, 0) is 5.60 Å². The summed E-state index contributed by atoms with van der Waals surface area (Å²) in [7, 11) is 1.43. The van der Waals surface area contributed by atoms with Crippen molar-refractivity contribution in [3.63, 3.8) is 0 Å². The van der Waals surface area contributed by atoms with Gasteiger partial charge < -0.3 is 21.3 Å². The quantitative estimate of drug-likeness (QED) is 0.424. The van der Waals surface area contributed by atoms with Gasteiger partial charge in [0, 0.05) is 12.0 Å². The van der Waals surface area contributed by atoms with Crippen LogP contribution in [0.3, 0.4) is 0 Å². The number of hydrogen-bond donors (Lipinski definition) is 3. The van der Waals surface area contributed by atoms with E-state index in [1.54, 1.807) is 13.8 Å². The van der Waals surface area contributed by atoms with Crippen molar-refractivity contribution in [1.82, 2.24) is 9.97 Å². The summed E-state index contributed by atoms with van der Waals surface area (Å²) in [5, 5.41) is 10.9. The molecular formula is C23H26FN5O2. The Balaban J connectivity index is 1.62. The van der Waals surface area contributed by atoms with E-state index >= 15 is 0 Å². The van der Waals surface area contributed by atoms with Crippen molar-refractivity contribution < 1.29 is 14.2 Å². The summed E-state index contributed by atoms with van der Waals surface area (Å²) in [6, 6.07) is 10.5. The molecule has 7 nitrogen and oxygen atoms in total. The van der Waals surface area contributed by atoms with E-state index < -0.39 is 11.4 Å². The highest BCUT2D eigenvalue weighted by molar-refractivity contribution is 5.96. The van der Waals surface area contributed by atoms with Gasteiger partial charge >= 0.3 is 0 Å². The maximum atomic E-state index is 14.0. The second kappa shape index (κ2) is 7.77. The van der Waals surface area contributed by atoms with Crippen LogP contribution in [0.5, 0.6) is 5.75 Å². The molecule has 31 heavy (non-hydrogen) atoms. The largest absolute Gasteiger partial charge is 0.494 e. The first-order valence-electron chi connectivity index (χ1n) is 10.1. The number of aliphatic imine (C=N–C) groups is 1. The number of amidine groups is 1. The molecule has 8 heteroatoms. The first-order valence-corrected chi connectivity index (χ1v) is 10.1. The number of halogens is 1. The van der Waals surface area contributed by atoms with Crippen molar-refractivity contribution in [2.24, 2.45) is 16.6 Å². The van der Waals surface area contributed by atoms with E-state index in [0.29, 0.717) is 16.7 Å². The molecule has 1 heterocycles. The minimum absolute atomic E-state index is 0.00884. The van der Waals surface area contributed by atoms with Gasteiger partial charge in [0.15, 0.2) is 5.82 Å². The van der Waals surface area contributed by atoms with Crippen molar-refractivity contribution in [3.05, 3.63) is 53.3 Å². The number of anilines is 1. The predicted octanol–water partition coefficient (Wildman–Crippen LogP) is 3.77. The fraction of sp³-hybridized carbons (Fsp3) is 0.348. The topological polar surface area (TPSA) is 120 Å². The molecule has 3 aromatic rings. The highest BCUT2D eigenvalue weighted by Crippen LogP contribution is 2.45. The Morgan fingerprint density at radius 3 is 2.61 bits per heavy atom. The van der Waals surface area contributed by atoms with E-state index in [4.69, 9.17) is 16.2 Å². The number of benzene rings is 2. The van der Waals surface area contributed by atoms with Gasteiger partial charge in [-0.05, 0) is 49.8 Å². The maximum absolute atomic E-state index is 14.0. The monoisotopic (exact) mass is 423 g/mol. The molecule has 0 spiro atoms. The van der Waals surface area contributed by atoms with Crippen molar-refractivity contribution in [2.45, 2.75) is 38.2 Å². The molecule has 0 amide bonds. The summed E-state index contributed by atoms with van der Waals surface area (Å²) in [4.78, 5) is 12.8. The summed E-state index contributed by atoms with van der Waals surface area (Å²) in [5.74, 6) is 0.755. The number of nitrogens with zero attached hydrogens (tertiary/aromatic N) is 3. The molecule has 5 N–H and O–H groups in total. The smallest absolute Gasteiger partial charge is 0.222 e. The molecule has 1 fully saturated rings. The fourth-order valence-electron chi connectivity index (χ4n) is 4.15. The number of ether oxygens (including phenoxy) is 1. The molecule has 162 valence electrons. The molecule has 4 rings (SSSR count). The number of fused-ring (bicyclic) bond motifs is 1. The van der Waals surface area contributed by atoms with Gasteiger partial charge in [-0.3, -0.25) is 0 Å². The van der Waals surface area contributed by atoms with Gasteiger partial charge in [-0.15, -0.1) is 0 Å². The van der Waals surface area contributed by atoms with Crippen molar-refractivity contribution >= 4 is 28.5 Å². The zero-order chi connectivity index (χ0) is 22.3. The van der Waals surface area contributed by atoms with E-state index in [-0.39, 0.29) is 29.4 Å². The van der Waals surface area contributed by atoms with Crippen LogP contribution < -0.4 is 16.2 Å². The second-order valence-corrected chi connectivity index (χ2v) is 8.46. The van der Waals surface area contributed by atoms with Crippen LogP contribution in [0.15, 0.2) is 41.4 Å². The van der Waals surface area contributed by atoms with Crippen LogP contribution >= 0.6 is 0 Å². The van der Waals surface area contributed by atoms with E-state index in [2.05, 4.69) is 21.0 Å². The van der Waals surface area contributed by atoms with Crippen LogP contribution in [0.1, 0.15) is 43.7 Å². The van der Waals surface area contributed by atoms with Crippen LogP contribution in [0.4, 0.5) is 16.2 Å². The number of aromatic nitrogens is 2. The first-order chi connectivity index (χ1) is 14.7. The minimum atomic E-state index is -0.915. The van der Waals surface area contributed by atoms with Gasteiger partial charge in [0.1, 0.15) is 22.9 Å². The summed E-state index contributed by atoms with van der Waals surface area (Å²) in [5.41, 5.74) is 13.7. The zero-order valence-corrected chi connectivity index (χ0v) is 17.8. The lowest BCUT2D eigenvalue weighted by Gasteiger charge is -2.37. The lowest BCUT2D eigenvalue weighted by molar-refractivity contribution is 0.0763. The number of aliphatic hydroxyl groups is 1. The Bertz CT molecular complexity index is 1170. The highest BCUT2D eigenvalue weighted by atomic mass is 19.1. The molecule has 0 unspecified atom stereocenters. The molecule has 1 saturated carbocycles. The number of hydrogen-bond acceptors (Lipinski definition) is 6. The lowest BCUT2D eigenvalue weighted by atomic mass is 9.68. The number of nitrogens with two attached hydrogens (primary N) is 2. The standard InChI is InChI=1S/C23H26FN5O2/c1-23(2,30)17-7-5-4-6-15(17)12-8-13(9-12)20(25)28-21-16-10-14(24)11-18(31-3)19(16)27-22(26)29-21/h4-7,10-13,30H,8-9H2,1-3H3,(H4,25,26,27,28,29). The Morgan fingerprint density at radius 1 is 1.23 bits per heavy atom. The van der Waals surface area contributed by atoms with E-state index in [1.807, 2.05) is 18.2 Å². The predicted molar refractivity (Wildman–Crippen MR) is 119 cm³/mol. The van der Waals surface area contributed by atoms with Crippen LogP contribution in [-0.4, -0.2) is 28.0 Å². The normalized spacial score (nSPS) is 19.3. The maximum Gasteiger partial charge on any atom is 0.222 e. The van der Waals surface area contributed by atoms with E-state index in [9.17, 15) is 9.50 Å². The van der Waals surface area contributed by atoms with E-state index in [1.165, 1.54) is 19.2 Å². The number of methoxy groups -OCH3 is 1. The van der Waals surface area contributed by atoms with Crippen molar-refractivity contribution in [3.8, 4) is 5.75 Å². The summed E-state index contributed by atoms with van der Waals surface area (Å²) in [6.45, 7) is 3.58. The Labute approximate surface area is 180 Å². The molecule has 0 bridgehead atoms. The summed E-state index contributed by atoms with van der Waals surface area (Å²) in [6.07, 6.45) is 1.61. The van der Waals surface area contributed by atoms with E-state index in [0.717, 1.165) is 24.0 Å². The molecule has 0 aliphatic heterocycles. The van der Waals surface area contributed by atoms with Crippen LogP contribution in [0.25, 0.3) is 10.9 Å². The number of nitrogen functional groups attached to an aromatic ring is 1. The van der Waals surface area contributed by atoms with Crippen LogP contribution in [0.2, 0.25) is 0 Å². The molecular weight excluding hydrogens is 397 g/mol. The van der Waals surface area contributed by atoms with Gasteiger partial charge in [-0.25, -0.2) is 14.4 Å². The van der Waals surface area contributed by atoms with Gasteiger partial charge in [0.25, 0.3) is 0 Å². The molecule has 2 aromatic carbocycles. The third-order valence-electron chi connectivity index (χ3n) is 5.80. The second-order valence-electron chi connectivity index (χ2n) is 8.46. The average Bonchev–Trinajstić information content (AvgIpc) is 2.66. The molecule has 1 aliphatic carbocycles. The fourth-order valence-corrected chi connectivity index (χ4v) is 4.15. The average molecular weight is 423 g/mol. The van der Waals surface area contributed by atoms with Gasteiger partial charge in [0.2, 0.25) is 5.95 Å². The molecule has 0 atom stereocenters. The molecule has 1 aromatic heterocycles. The van der Waals surface area contributed by atoms with Gasteiger partial charge in [-0.1, -0.05) is 24.3 Å². The highest BCUT2D eigenvalue weighted by Gasteiger charge is 2.36. The number of rotatable bonds is 5. The van der Waals surface area contributed by atoms with Gasteiger partial charge in [-0.2, -0.15) is 4.98 Å². The minimum Gasteiger partial charge on any atom is -0.494 e. The molecule has 0 radical (unpaired) electrons. The third-order valence-corrected chi connectivity index (χ3v) is 5.80. The first kappa shape index (κ1) is 21.0. The third kappa shape index (κ3) is 4.03. The molecule has 1 aliphatic rings. The van der Waals surface area contributed by atoms with Crippen molar-refractivity contribution in [2.75, 3.05) is 12.8 Å².